The lowest BCUT2D eigenvalue weighted by molar-refractivity contribution is -0.116. The van der Waals surface area contributed by atoms with Crippen LogP contribution in [0.4, 0.5) is 0 Å². The highest BCUT2D eigenvalue weighted by molar-refractivity contribution is 6.29. The highest BCUT2D eigenvalue weighted by Crippen LogP contribution is 2.37. The van der Waals surface area contributed by atoms with Crippen LogP contribution in [0.2, 0.25) is 0 Å². The number of rotatable bonds is 7. The number of fused-ring (bicyclic) bond motifs is 2. The molecule has 0 saturated heterocycles. The number of aliphatic imine (C=N–C) groups is 1. The summed E-state index contributed by atoms with van der Waals surface area (Å²) in [5.74, 6) is -0.710. The van der Waals surface area contributed by atoms with Crippen molar-refractivity contribution in [2.45, 2.75) is 12.8 Å². The van der Waals surface area contributed by atoms with Crippen LogP contribution >= 0.6 is 0 Å². The highest BCUT2D eigenvalue weighted by atomic mass is 16.2. The molecule has 1 amide bonds. The van der Waals surface area contributed by atoms with Gasteiger partial charge in [-0.1, -0.05) is 0 Å². The van der Waals surface area contributed by atoms with E-state index in [0.29, 0.717) is 58.6 Å². The first kappa shape index (κ1) is 21.1. The standard InChI is InChI=1S/C24H26N4O3/c1-27(2)11-9-14-13-25-18-7-5-15(22(29)20(14)18)16-6-8-19-21(23(16)30)17(24(31)26-19)10-12-28(3)4/h5-8,13H,9-12H2,1-4H3,(H,26,31). The molecular weight excluding hydrogens is 392 g/mol. The molecule has 0 aromatic heterocycles. The number of Topliss-reactive ketones (excluding diaryl/α,β-unsaturated/α-hetero) is 2. The van der Waals surface area contributed by atoms with Crippen LogP contribution in [0.3, 0.4) is 0 Å². The number of nitrogens with zero attached hydrogens (tertiary/aromatic N) is 3. The van der Waals surface area contributed by atoms with Gasteiger partial charge in [-0.05, 0) is 70.9 Å². The van der Waals surface area contributed by atoms with Gasteiger partial charge in [-0.25, -0.2) is 0 Å². The van der Waals surface area contributed by atoms with Crippen molar-refractivity contribution in [3.05, 3.63) is 69.1 Å². The predicted octanol–water partition coefficient (Wildman–Crippen LogP) is 1.48. The second-order valence-electron chi connectivity index (χ2n) is 8.52. The van der Waals surface area contributed by atoms with Gasteiger partial charge in [0.2, 0.25) is 0 Å². The van der Waals surface area contributed by atoms with Gasteiger partial charge < -0.3 is 15.1 Å². The SMILES string of the molecule is CN(C)CCC1=C2C(=O)C(C3=CC=C4NC(=O)C(CCN(C)C)=C4C3=O)=CC=C2N=C1. The molecule has 7 heteroatoms. The Kier molecular flexibility index (Phi) is 5.56. The van der Waals surface area contributed by atoms with Crippen LogP contribution in [0.1, 0.15) is 12.8 Å². The average Bonchev–Trinajstić information content (AvgIpc) is 3.27. The van der Waals surface area contributed by atoms with Crippen molar-refractivity contribution in [1.82, 2.24) is 15.1 Å². The first-order valence-corrected chi connectivity index (χ1v) is 10.3. The summed E-state index contributed by atoms with van der Waals surface area (Å²) >= 11 is 0. The molecule has 0 bridgehead atoms. The molecule has 2 aliphatic heterocycles. The number of allylic oxidation sites excluding steroid dienone is 8. The molecule has 1 N–H and O–H groups in total. The summed E-state index contributed by atoms with van der Waals surface area (Å²) in [6.07, 6.45) is 9.72. The topological polar surface area (TPSA) is 82.1 Å². The summed E-state index contributed by atoms with van der Waals surface area (Å²) in [5, 5.41) is 2.78. The number of amides is 1. The normalized spacial score (nSPS) is 20.3. The molecule has 0 radical (unpaired) electrons. The maximum atomic E-state index is 13.4. The molecule has 0 unspecified atom stereocenters. The fourth-order valence-electron chi connectivity index (χ4n) is 4.03. The molecule has 7 nitrogen and oxygen atoms in total. The van der Waals surface area contributed by atoms with Crippen molar-refractivity contribution in [3.8, 4) is 0 Å². The van der Waals surface area contributed by atoms with Gasteiger partial charge in [-0.3, -0.25) is 19.4 Å². The number of hydrogen-bond acceptors (Lipinski definition) is 6. The van der Waals surface area contributed by atoms with E-state index in [-0.39, 0.29) is 17.5 Å². The summed E-state index contributed by atoms with van der Waals surface area (Å²) in [4.78, 5) is 47.6. The zero-order valence-electron chi connectivity index (χ0n) is 18.3. The van der Waals surface area contributed by atoms with E-state index in [2.05, 4.69) is 15.2 Å². The van der Waals surface area contributed by atoms with Crippen molar-refractivity contribution in [1.29, 1.82) is 0 Å². The summed E-state index contributed by atoms with van der Waals surface area (Å²) in [5.41, 5.74) is 4.16. The lowest BCUT2D eigenvalue weighted by Crippen LogP contribution is -2.22. The Labute approximate surface area is 181 Å². The maximum absolute atomic E-state index is 13.4. The van der Waals surface area contributed by atoms with Crippen LogP contribution in [-0.4, -0.2) is 74.8 Å². The van der Waals surface area contributed by atoms with E-state index in [9.17, 15) is 14.4 Å². The Balaban J connectivity index is 1.67. The van der Waals surface area contributed by atoms with Crippen molar-refractivity contribution >= 4 is 23.7 Å². The molecule has 0 spiro atoms. The van der Waals surface area contributed by atoms with Crippen molar-refractivity contribution in [2.75, 3.05) is 41.3 Å². The molecule has 160 valence electrons. The van der Waals surface area contributed by atoms with E-state index in [0.717, 1.165) is 12.1 Å². The monoisotopic (exact) mass is 418 g/mol. The van der Waals surface area contributed by atoms with E-state index >= 15 is 0 Å². The number of ketones is 2. The molecule has 0 aromatic rings. The molecular formula is C24H26N4O3. The first-order valence-electron chi connectivity index (χ1n) is 10.3. The third kappa shape index (κ3) is 3.82. The maximum Gasteiger partial charge on any atom is 0.252 e. The van der Waals surface area contributed by atoms with Gasteiger partial charge in [0.15, 0.2) is 11.6 Å². The molecule has 0 fully saturated rings. The van der Waals surface area contributed by atoms with Crippen LogP contribution in [0, 0.1) is 0 Å². The summed E-state index contributed by atoms with van der Waals surface area (Å²) in [7, 11) is 7.80. The Bertz CT molecular complexity index is 1110. The first-order chi connectivity index (χ1) is 14.8. The van der Waals surface area contributed by atoms with E-state index in [1.165, 1.54) is 0 Å². The number of carbonyl (C=O) groups excluding carboxylic acids is 3. The number of carbonyl (C=O) groups is 3. The minimum Gasteiger partial charge on any atom is -0.322 e. The van der Waals surface area contributed by atoms with Crippen LogP contribution in [0.5, 0.6) is 0 Å². The van der Waals surface area contributed by atoms with Crippen LogP contribution in [0.25, 0.3) is 0 Å². The third-order valence-corrected chi connectivity index (χ3v) is 5.73. The van der Waals surface area contributed by atoms with Crippen LogP contribution in [0.15, 0.2) is 74.1 Å². The number of hydrogen-bond donors (Lipinski definition) is 1. The molecule has 31 heavy (non-hydrogen) atoms. The smallest absolute Gasteiger partial charge is 0.252 e. The van der Waals surface area contributed by atoms with Gasteiger partial charge in [-0.15, -0.1) is 0 Å². The van der Waals surface area contributed by atoms with Crippen LogP contribution in [-0.2, 0) is 14.4 Å². The van der Waals surface area contributed by atoms with E-state index in [1.54, 1.807) is 30.5 Å². The Morgan fingerprint density at radius 1 is 0.806 bits per heavy atom. The lowest BCUT2D eigenvalue weighted by Gasteiger charge is -2.19. The van der Waals surface area contributed by atoms with Gasteiger partial charge in [0.05, 0.1) is 22.5 Å². The number of nitrogens with one attached hydrogen (secondary N) is 1. The molecule has 2 aliphatic carbocycles. The Hall–Kier alpha value is -3.16. The van der Waals surface area contributed by atoms with Gasteiger partial charge in [0.1, 0.15) is 0 Å². The predicted molar refractivity (Wildman–Crippen MR) is 119 cm³/mol. The third-order valence-electron chi connectivity index (χ3n) is 5.73. The Morgan fingerprint density at radius 2 is 1.42 bits per heavy atom. The van der Waals surface area contributed by atoms with E-state index in [1.807, 2.05) is 33.1 Å². The van der Waals surface area contributed by atoms with E-state index < -0.39 is 0 Å². The zero-order chi connectivity index (χ0) is 22.3. The summed E-state index contributed by atoms with van der Waals surface area (Å²) in [6, 6.07) is 0. The summed E-state index contributed by atoms with van der Waals surface area (Å²) < 4.78 is 0. The molecule has 2 heterocycles. The van der Waals surface area contributed by atoms with Crippen molar-refractivity contribution in [3.63, 3.8) is 0 Å². The molecule has 0 saturated carbocycles. The fraction of sp³-hybridized carbons (Fsp3) is 0.333. The molecule has 4 rings (SSSR count). The van der Waals surface area contributed by atoms with Gasteiger partial charge in [0, 0.05) is 36.0 Å². The molecule has 0 aromatic carbocycles. The second-order valence-corrected chi connectivity index (χ2v) is 8.52. The second kappa shape index (κ2) is 8.17. The van der Waals surface area contributed by atoms with Crippen LogP contribution < -0.4 is 5.32 Å². The largest absolute Gasteiger partial charge is 0.322 e. The lowest BCUT2D eigenvalue weighted by atomic mass is 9.82. The van der Waals surface area contributed by atoms with Gasteiger partial charge >= 0.3 is 0 Å². The zero-order valence-corrected chi connectivity index (χ0v) is 18.3. The fourth-order valence-corrected chi connectivity index (χ4v) is 4.03. The van der Waals surface area contributed by atoms with E-state index in [4.69, 9.17) is 0 Å². The average molecular weight is 418 g/mol. The summed E-state index contributed by atoms with van der Waals surface area (Å²) in [6.45, 7) is 1.45. The van der Waals surface area contributed by atoms with Gasteiger partial charge in [0.25, 0.3) is 5.91 Å². The molecule has 4 aliphatic rings. The van der Waals surface area contributed by atoms with Crippen molar-refractivity contribution < 1.29 is 14.4 Å². The highest BCUT2D eigenvalue weighted by Gasteiger charge is 2.38. The van der Waals surface area contributed by atoms with Gasteiger partial charge in [-0.2, -0.15) is 0 Å². The Morgan fingerprint density at radius 3 is 2.10 bits per heavy atom. The van der Waals surface area contributed by atoms with Crippen molar-refractivity contribution in [2.24, 2.45) is 4.99 Å². The minimum atomic E-state index is -0.282. The molecule has 0 atom stereocenters. The quantitative estimate of drug-likeness (QED) is 0.677. The minimum absolute atomic E-state index is 0.187.